The molecule has 0 aliphatic heterocycles. The topological polar surface area (TPSA) is 23.4 Å². The first kappa shape index (κ1) is 18.8. The summed E-state index contributed by atoms with van der Waals surface area (Å²) in [5.41, 5.74) is 3.39. The van der Waals surface area contributed by atoms with Crippen LogP contribution in [0.4, 0.5) is 0 Å². The fourth-order valence-electron chi connectivity index (χ4n) is 2.27. The number of aryl methyl sites for hydroxylation is 1. The summed E-state index contributed by atoms with van der Waals surface area (Å²) in [5.74, 6) is 0.878. The largest absolute Gasteiger partial charge is 0.489 e. The van der Waals surface area contributed by atoms with Gasteiger partial charge >= 0.3 is 0 Å². The molecule has 1 aromatic heterocycles. The highest BCUT2D eigenvalue weighted by Gasteiger charge is 2.37. The lowest BCUT2D eigenvalue weighted by molar-refractivity contribution is 0.269. The Labute approximate surface area is 147 Å². The summed E-state index contributed by atoms with van der Waals surface area (Å²) in [6, 6.07) is 8.43. The van der Waals surface area contributed by atoms with Crippen LogP contribution in [0.25, 0.3) is 10.9 Å². The van der Waals surface area contributed by atoms with Gasteiger partial charge in [-0.05, 0) is 48.8 Å². The lowest BCUT2D eigenvalue weighted by Gasteiger charge is -2.36. The predicted molar refractivity (Wildman–Crippen MR) is 105 cm³/mol. The molecule has 0 fully saturated rings. The van der Waals surface area contributed by atoms with Gasteiger partial charge in [0, 0.05) is 24.2 Å². The second-order valence-corrected chi connectivity index (χ2v) is 13.0. The molecule has 2 aromatic rings. The number of hydrogen-bond acceptors (Lipinski definition) is 2. The number of ether oxygens (including phenoxy) is 1. The average Bonchev–Trinajstić information content (AvgIpc) is 2.78. The van der Waals surface area contributed by atoms with Crippen molar-refractivity contribution in [2.75, 3.05) is 6.61 Å². The standard InChI is InChI=1S/C20H31NO2Si/c1-15(2)13-22-18-10-9-16-11-17(21(6)19(16)12-18)14-23-24(7,8)20(3,4)5/h9-12H,1,13-14H2,2-8H3. The predicted octanol–water partition coefficient (Wildman–Crippen LogP) is 5.66. The van der Waals surface area contributed by atoms with Gasteiger partial charge < -0.3 is 13.7 Å². The number of hydrogen-bond donors (Lipinski definition) is 0. The van der Waals surface area contributed by atoms with E-state index in [0.29, 0.717) is 13.2 Å². The van der Waals surface area contributed by atoms with Gasteiger partial charge in [-0.25, -0.2) is 0 Å². The lowest BCUT2D eigenvalue weighted by atomic mass is 10.2. The van der Waals surface area contributed by atoms with Crippen LogP contribution in [0.2, 0.25) is 18.1 Å². The van der Waals surface area contributed by atoms with Crippen LogP contribution in [-0.2, 0) is 18.1 Å². The van der Waals surface area contributed by atoms with Crippen molar-refractivity contribution < 1.29 is 9.16 Å². The van der Waals surface area contributed by atoms with E-state index in [1.807, 2.05) is 13.0 Å². The molecule has 0 saturated heterocycles. The smallest absolute Gasteiger partial charge is 0.192 e. The molecule has 2 rings (SSSR count). The third-order valence-electron chi connectivity index (χ3n) is 4.99. The highest BCUT2D eigenvalue weighted by molar-refractivity contribution is 6.74. The number of benzene rings is 1. The first-order valence-corrected chi connectivity index (χ1v) is 11.4. The molecule has 0 bridgehead atoms. The van der Waals surface area contributed by atoms with E-state index in [9.17, 15) is 0 Å². The molecule has 0 atom stereocenters. The molecule has 0 saturated carbocycles. The fourth-order valence-corrected chi connectivity index (χ4v) is 3.21. The van der Waals surface area contributed by atoms with Crippen LogP contribution in [0.3, 0.4) is 0 Å². The van der Waals surface area contributed by atoms with E-state index in [-0.39, 0.29) is 5.04 Å². The number of rotatable bonds is 6. The minimum Gasteiger partial charge on any atom is -0.489 e. The Kier molecular flexibility index (Phi) is 5.30. The van der Waals surface area contributed by atoms with Crippen molar-refractivity contribution in [3.05, 3.63) is 42.1 Å². The van der Waals surface area contributed by atoms with E-state index in [1.165, 1.54) is 16.6 Å². The molecule has 1 heterocycles. The maximum absolute atomic E-state index is 6.37. The second kappa shape index (κ2) is 6.77. The molecule has 3 nitrogen and oxygen atoms in total. The van der Waals surface area contributed by atoms with Gasteiger partial charge in [0.2, 0.25) is 0 Å². The van der Waals surface area contributed by atoms with E-state index in [1.54, 1.807) is 0 Å². The first-order chi connectivity index (χ1) is 11.0. The fraction of sp³-hybridized carbons (Fsp3) is 0.500. The van der Waals surface area contributed by atoms with E-state index >= 15 is 0 Å². The van der Waals surface area contributed by atoms with Crippen molar-refractivity contribution in [2.24, 2.45) is 7.05 Å². The molecule has 4 heteroatoms. The zero-order valence-electron chi connectivity index (χ0n) is 16.2. The van der Waals surface area contributed by atoms with Crippen molar-refractivity contribution in [2.45, 2.75) is 52.4 Å². The van der Waals surface area contributed by atoms with Crippen molar-refractivity contribution in [3.8, 4) is 5.75 Å². The minimum absolute atomic E-state index is 0.223. The van der Waals surface area contributed by atoms with E-state index < -0.39 is 8.32 Å². The maximum Gasteiger partial charge on any atom is 0.192 e. The van der Waals surface area contributed by atoms with Crippen LogP contribution in [0.15, 0.2) is 36.4 Å². The zero-order valence-corrected chi connectivity index (χ0v) is 17.2. The van der Waals surface area contributed by atoms with Gasteiger partial charge in [0.15, 0.2) is 8.32 Å². The van der Waals surface area contributed by atoms with E-state index in [4.69, 9.17) is 9.16 Å². The normalized spacial score (nSPS) is 12.6. The van der Waals surface area contributed by atoms with Crippen LogP contribution in [0.1, 0.15) is 33.4 Å². The van der Waals surface area contributed by atoms with Crippen molar-refractivity contribution in [3.63, 3.8) is 0 Å². The van der Waals surface area contributed by atoms with Gasteiger partial charge in [0.05, 0.1) is 12.1 Å². The maximum atomic E-state index is 6.37. The summed E-state index contributed by atoms with van der Waals surface area (Å²) in [5, 5.41) is 1.44. The Morgan fingerprint density at radius 2 is 1.88 bits per heavy atom. The van der Waals surface area contributed by atoms with Gasteiger partial charge in [-0.1, -0.05) is 27.4 Å². The molecular weight excluding hydrogens is 314 g/mol. The lowest BCUT2D eigenvalue weighted by Crippen LogP contribution is -2.40. The number of aromatic nitrogens is 1. The molecule has 0 amide bonds. The van der Waals surface area contributed by atoms with Crippen molar-refractivity contribution in [1.82, 2.24) is 4.57 Å². The quantitative estimate of drug-likeness (QED) is 0.498. The second-order valence-electron chi connectivity index (χ2n) is 8.21. The van der Waals surface area contributed by atoms with Crippen LogP contribution in [0, 0.1) is 0 Å². The Morgan fingerprint density at radius 1 is 1.21 bits per heavy atom. The molecule has 0 aliphatic carbocycles. The SMILES string of the molecule is C=C(C)COc1ccc2cc(CO[Si](C)(C)C(C)(C)C)n(C)c2c1. The number of nitrogens with zero attached hydrogens (tertiary/aromatic N) is 1. The molecule has 1 aromatic carbocycles. The molecule has 0 aliphatic rings. The summed E-state index contributed by atoms with van der Waals surface area (Å²) in [7, 11) is 0.349. The molecule has 24 heavy (non-hydrogen) atoms. The molecule has 132 valence electrons. The van der Waals surface area contributed by atoms with Crippen LogP contribution < -0.4 is 4.74 Å². The van der Waals surface area contributed by atoms with Gasteiger partial charge in [-0.3, -0.25) is 0 Å². The summed E-state index contributed by atoms with van der Waals surface area (Å²) in [6.07, 6.45) is 0. The Morgan fingerprint density at radius 3 is 2.46 bits per heavy atom. The number of fused-ring (bicyclic) bond motifs is 1. The molecular formula is C20H31NO2Si. The van der Waals surface area contributed by atoms with Crippen LogP contribution >= 0.6 is 0 Å². The Bertz CT molecular complexity index is 738. The van der Waals surface area contributed by atoms with Gasteiger partial charge in [0.1, 0.15) is 12.4 Å². The monoisotopic (exact) mass is 345 g/mol. The van der Waals surface area contributed by atoms with Gasteiger partial charge in [0.25, 0.3) is 0 Å². The molecule has 0 radical (unpaired) electrons. The molecule has 0 unspecified atom stereocenters. The minimum atomic E-state index is -1.74. The van der Waals surface area contributed by atoms with Crippen LogP contribution in [0.5, 0.6) is 5.75 Å². The molecule has 0 spiro atoms. The third-order valence-corrected chi connectivity index (χ3v) is 9.47. The Hall–Kier alpha value is -1.52. The highest BCUT2D eigenvalue weighted by atomic mass is 28.4. The summed E-state index contributed by atoms with van der Waals surface area (Å²) < 4.78 is 14.3. The average molecular weight is 346 g/mol. The summed E-state index contributed by atoms with van der Waals surface area (Å²) in [4.78, 5) is 0. The van der Waals surface area contributed by atoms with Gasteiger partial charge in [-0.2, -0.15) is 0 Å². The van der Waals surface area contributed by atoms with Crippen LogP contribution in [-0.4, -0.2) is 19.5 Å². The van der Waals surface area contributed by atoms with E-state index in [0.717, 1.165) is 11.3 Å². The first-order valence-electron chi connectivity index (χ1n) is 8.51. The summed E-state index contributed by atoms with van der Waals surface area (Å²) >= 11 is 0. The Balaban J connectivity index is 2.20. The van der Waals surface area contributed by atoms with Crippen molar-refractivity contribution in [1.29, 1.82) is 0 Å². The van der Waals surface area contributed by atoms with Gasteiger partial charge in [-0.15, -0.1) is 0 Å². The van der Waals surface area contributed by atoms with E-state index in [2.05, 4.69) is 70.3 Å². The zero-order chi connectivity index (χ0) is 18.1. The third kappa shape index (κ3) is 4.11. The molecule has 0 N–H and O–H groups in total. The summed E-state index contributed by atoms with van der Waals surface area (Å²) in [6.45, 7) is 18.4. The van der Waals surface area contributed by atoms with Crippen molar-refractivity contribution >= 4 is 19.2 Å². The highest BCUT2D eigenvalue weighted by Crippen LogP contribution is 2.37.